The van der Waals surface area contributed by atoms with Crippen molar-refractivity contribution < 1.29 is 4.79 Å². The number of H-pyrrole nitrogens is 1. The summed E-state index contributed by atoms with van der Waals surface area (Å²) in [4.78, 5) is 26.8. The van der Waals surface area contributed by atoms with E-state index in [-0.39, 0.29) is 11.5 Å². The third-order valence-electron chi connectivity index (χ3n) is 3.57. The molecule has 3 rings (SSSR count). The lowest BCUT2D eigenvalue weighted by molar-refractivity contribution is 0.102. The van der Waals surface area contributed by atoms with Gasteiger partial charge in [-0.1, -0.05) is 12.1 Å². The Balaban J connectivity index is 1.98. The van der Waals surface area contributed by atoms with Gasteiger partial charge in [0.25, 0.3) is 5.91 Å². The molecule has 0 bridgehead atoms. The van der Waals surface area contributed by atoms with Crippen LogP contribution < -0.4 is 10.9 Å². The summed E-state index contributed by atoms with van der Waals surface area (Å²) in [5.74, 6) is -0.255. The SMILES string of the molecule is Cc1cc(=O)[nH]c(C)c1NC(=O)c1ccccc1-n1cccn1. The van der Waals surface area contributed by atoms with Crippen LogP contribution in [0.3, 0.4) is 0 Å². The minimum atomic E-state index is -0.255. The fourth-order valence-electron chi connectivity index (χ4n) is 2.50. The van der Waals surface area contributed by atoms with Crippen molar-refractivity contribution in [1.29, 1.82) is 0 Å². The summed E-state index contributed by atoms with van der Waals surface area (Å²) in [5.41, 5.74) is 2.96. The number of hydrogen-bond donors (Lipinski definition) is 2. The molecule has 0 spiro atoms. The number of para-hydroxylation sites is 1. The summed E-state index contributed by atoms with van der Waals surface area (Å²) in [5, 5.41) is 7.05. The second-order valence-corrected chi connectivity index (χ2v) is 5.24. The Morgan fingerprint density at radius 1 is 1.22 bits per heavy atom. The highest BCUT2D eigenvalue weighted by Gasteiger charge is 2.15. The fraction of sp³-hybridized carbons (Fsp3) is 0.118. The molecule has 2 heterocycles. The van der Waals surface area contributed by atoms with Crippen LogP contribution in [0.25, 0.3) is 5.69 Å². The summed E-state index contributed by atoms with van der Waals surface area (Å²) >= 11 is 0. The molecule has 116 valence electrons. The normalized spacial score (nSPS) is 10.5. The van der Waals surface area contributed by atoms with Gasteiger partial charge in [-0.3, -0.25) is 9.59 Å². The molecule has 6 nitrogen and oxygen atoms in total. The van der Waals surface area contributed by atoms with E-state index >= 15 is 0 Å². The van der Waals surface area contributed by atoms with Gasteiger partial charge in [0.2, 0.25) is 5.56 Å². The average Bonchev–Trinajstić information content (AvgIpc) is 3.05. The first-order chi connectivity index (χ1) is 11.1. The van der Waals surface area contributed by atoms with Crippen LogP contribution in [-0.4, -0.2) is 20.7 Å². The molecule has 3 aromatic rings. The van der Waals surface area contributed by atoms with Crippen molar-refractivity contribution in [3.8, 4) is 5.69 Å². The van der Waals surface area contributed by atoms with E-state index in [2.05, 4.69) is 15.4 Å². The van der Waals surface area contributed by atoms with Gasteiger partial charge in [-0.15, -0.1) is 0 Å². The molecule has 0 radical (unpaired) electrons. The van der Waals surface area contributed by atoms with E-state index in [1.54, 1.807) is 49.1 Å². The standard InChI is InChI=1S/C17H16N4O2/c1-11-10-15(22)19-12(2)16(11)20-17(23)13-6-3-4-7-14(13)21-9-5-8-18-21/h3-10H,1-2H3,(H,19,22)(H,20,23). The van der Waals surface area contributed by atoms with E-state index in [9.17, 15) is 9.59 Å². The van der Waals surface area contributed by atoms with Gasteiger partial charge in [0.05, 0.1) is 16.9 Å². The minimum absolute atomic E-state index is 0.185. The maximum atomic E-state index is 12.7. The molecule has 23 heavy (non-hydrogen) atoms. The van der Waals surface area contributed by atoms with Crippen LogP contribution in [0.4, 0.5) is 5.69 Å². The lowest BCUT2D eigenvalue weighted by atomic mass is 10.1. The average molecular weight is 308 g/mol. The van der Waals surface area contributed by atoms with Gasteiger partial charge >= 0.3 is 0 Å². The monoisotopic (exact) mass is 308 g/mol. The van der Waals surface area contributed by atoms with Crippen LogP contribution in [0.2, 0.25) is 0 Å². The molecular formula is C17H16N4O2. The Hall–Kier alpha value is -3.15. The molecule has 0 atom stereocenters. The van der Waals surface area contributed by atoms with Crippen molar-refractivity contribution in [3.63, 3.8) is 0 Å². The molecule has 2 N–H and O–H groups in total. The largest absolute Gasteiger partial charge is 0.324 e. The third kappa shape index (κ3) is 2.91. The van der Waals surface area contributed by atoms with Gasteiger partial charge in [-0.05, 0) is 37.6 Å². The highest BCUT2D eigenvalue weighted by atomic mass is 16.1. The Morgan fingerprint density at radius 3 is 2.70 bits per heavy atom. The number of benzene rings is 1. The van der Waals surface area contributed by atoms with Crippen LogP contribution in [-0.2, 0) is 0 Å². The maximum absolute atomic E-state index is 12.7. The van der Waals surface area contributed by atoms with Crippen LogP contribution in [0.15, 0.2) is 53.6 Å². The first-order valence-electron chi connectivity index (χ1n) is 7.17. The topological polar surface area (TPSA) is 79.8 Å². The minimum Gasteiger partial charge on any atom is -0.324 e. The number of aryl methyl sites for hydroxylation is 2. The van der Waals surface area contributed by atoms with E-state index in [1.807, 2.05) is 12.1 Å². The number of aromatic nitrogens is 3. The summed E-state index contributed by atoms with van der Waals surface area (Å²) in [6.45, 7) is 3.54. The van der Waals surface area contributed by atoms with Crippen LogP contribution in [0.1, 0.15) is 21.6 Å². The van der Waals surface area contributed by atoms with E-state index < -0.39 is 0 Å². The fourth-order valence-corrected chi connectivity index (χ4v) is 2.50. The highest BCUT2D eigenvalue weighted by molar-refractivity contribution is 6.07. The lowest BCUT2D eigenvalue weighted by Crippen LogP contribution is -2.19. The summed E-state index contributed by atoms with van der Waals surface area (Å²) in [7, 11) is 0. The van der Waals surface area contributed by atoms with Crippen molar-refractivity contribution >= 4 is 11.6 Å². The quantitative estimate of drug-likeness (QED) is 0.780. The number of aromatic amines is 1. The van der Waals surface area contributed by atoms with Gasteiger partial charge in [0.1, 0.15) is 0 Å². The number of carbonyl (C=O) groups is 1. The van der Waals surface area contributed by atoms with Crippen molar-refractivity contribution in [1.82, 2.24) is 14.8 Å². The molecule has 2 aromatic heterocycles. The molecule has 6 heteroatoms. The van der Waals surface area contributed by atoms with Crippen molar-refractivity contribution in [3.05, 3.63) is 76.0 Å². The van der Waals surface area contributed by atoms with E-state index in [4.69, 9.17) is 0 Å². The third-order valence-corrected chi connectivity index (χ3v) is 3.57. The van der Waals surface area contributed by atoms with E-state index in [0.29, 0.717) is 22.6 Å². The number of nitrogens with zero attached hydrogens (tertiary/aromatic N) is 2. The first-order valence-corrected chi connectivity index (χ1v) is 7.17. The molecule has 0 fully saturated rings. The predicted molar refractivity (Wildman–Crippen MR) is 88.1 cm³/mol. The van der Waals surface area contributed by atoms with Crippen LogP contribution >= 0.6 is 0 Å². The Kier molecular flexibility index (Phi) is 3.80. The van der Waals surface area contributed by atoms with Crippen LogP contribution in [0.5, 0.6) is 0 Å². The molecule has 1 aromatic carbocycles. The Morgan fingerprint density at radius 2 is 2.00 bits per heavy atom. The number of amides is 1. The first kappa shape index (κ1) is 14.8. The van der Waals surface area contributed by atoms with Crippen LogP contribution in [0, 0.1) is 13.8 Å². The van der Waals surface area contributed by atoms with Gasteiger partial charge in [0.15, 0.2) is 0 Å². The number of nitrogens with one attached hydrogen (secondary N) is 2. The smallest absolute Gasteiger partial charge is 0.257 e. The zero-order valence-electron chi connectivity index (χ0n) is 12.8. The number of rotatable bonds is 3. The maximum Gasteiger partial charge on any atom is 0.257 e. The second-order valence-electron chi connectivity index (χ2n) is 5.24. The molecule has 0 aliphatic heterocycles. The summed E-state index contributed by atoms with van der Waals surface area (Å²) in [6, 6.07) is 10.5. The highest BCUT2D eigenvalue weighted by Crippen LogP contribution is 2.19. The molecular weight excluding hydrogens is 292 g/mol. The molecule has 1 amide bonds. The second kappa shape index (κ2) is 5.92. The van der Waals surface area contributed by atoms with Gasteiger partial charge in [-0.2, -0.15) is 5.10 Å². The Labute approximate surface area is 132 Å². The van der Waals surface area contributed by atoms with Gasteiger partial charge in [-0.25, -0.2) is 4.68 Å². The zero-order chi connectivity index (χ0) is 16.4. The number of hydrogen-bond acceptors (Lipinski definition) is 3. The number of carbonyl (C=O) groups excluding carboxylic acids is 1. The Bertz CT molecular complexity index is 884. The summed E-state index contributed by atoms with van der Waals surface area (Å²) < 4.78 is 1.64. The number of pyridine rings is 1. The molecule has 0 saturated carbocycles. The van der Waals surface area contributed by atoms with E-state index in [0.717, 1.165) is 5.56 Å². The van der Waals surface area contributed by atoms with E-state index in [1.165, 1.54) is 6.07 Å². The van der Waals surface area contributed by atoms with Gasteiger partial charge < -0.3 is 10.3 Å². The van der Waals surface area contributed by atoms with Crippen molar-refractivity contribution in [2.45, 2.75) is 13.8 Å². The molecule has 0 unspecified atom stereocenters. The lowest BCUT2D eigenvalue weighted by Gasteiger charge is -2.13. The molecule has 0 aliphatic rings. The van der Waals surface area contributed by atoms with Gasteiger partial charge in [0, 0.05) is 24.2 Å². The van der Waals surface area contributed by atoms with Crippen molar-refractivity contribution in [2.24, 2.45) is 0 Å². The zero-order valence-corrected chi connectivity index (χ0v) is 12.8. The predicted octanol–water partition coefficient (Wildman–Crippen LogP) is 2.43. The number of anilines is 1. The summed E-state index contributed by atoms with van der Waals surface area (Å²) in [6.07, 6.45) is 3.44. The van der Waals surface area contributed by atoms with Crippen molar-refractivity contribution in [2.75, 3.05) is 5.32 Å². The molecule has 0 aliphatic carbocycles. The molecule has 0 saturated heterocycles.